The van der Waals surface area contributed by atoms with Crippen LogP contribution in [0.1, 0.15) is 81.6 Å². The Kier molecular flexibility index (Phi) is 8.96. The van der Waals surface area contributed by atoms with E-state index in [0.717, 1.165) is 61.4 Å². The first-order valence-corrected chi connectivity index (χ1v) is 14.2. The number of likely N-dealkylation sites (N-methyl/N-ethyl adjacent to an activating group) is 1. The molecule has 3 atom stereocenters. The van der Waals surface area contributed by atoms with Crippen LogP contribution in [-0.4, -0.2) is 58.8 Å². The zero-order valence-corrected chi connectivity index (χ0v) is 23.4. The topological polar surface area (TPSA) is 83.4 Å². The molecule has 2 aliphatic rings. The zero-order chi connectivity index (χ0) is 26.7. The summed E-state index contributed by atoms with van der Waals surface area (Å²) >= 11 is 6.49. The number of nitrogens with one attached hydrogen (secondary N) is 2. The Hall–Kier alpha value is -2.38. The van der Waals surface area contributed by atoms with Gasteiger partial charge in [0.1, 0.15) is 6.04 Å². The van der Waals surface area contributed by atoms with Crippen LogP contribution in [0.25, 0.3) is 10.9 Å². The number of rotatable bonds is 9. The molecule has 1 aromatic carbocycles. The van der Waals surface area contributed by atoms with Crippen molar-refractivity contribution in [2.24, 2.45) is 5.92 Å². The number of Topliss-reactive ketones (excluding diaryl/α,β-unsaturated/α-hetero) is 1. The Bertz CT molecular complexity index is 1150. The molecule has 4 rings (SSSR count). The Morgan fingerprint density at radius 2 is 1.84 bits per heavy atom. The third kappa shape index (κ3) is 5.73. The van der Waals surface area contributed by atoms with Gasteiger partial charge in [0.15, 0.2) is 5.78 Å². The number of likely N-dealkylation sites (tertiary alicyclic amines) is 1. The summed E-state index contributed by atoms with van der Waals surface area (Å²) in [5.41, 5.74) is 2.64. The van der Waals surface area contributed by atoms with E-state index in [1.54, 1.807) is 14.0 Å². The third-order valence-corrected chi connectivity index (χ3v) is 8.76. The second-order valence-electron chi connectivity index (χ2n) is 10.7. The van der Waals surface area contributed by atoms with E-state index in [0.29, 0.717) is 23.7 Å². The molecule has 1 aliphatic heterocycles. The normalized spacial score (nSPS) is 20.2. The molecule has 2 N–H and O–H groups in total. The van der Waals surface area contributed by atoms with E-state index < -0.39 is 6.04 Å². The minimum absolute atomic E-state index is 0.00776. The molecule has 0 bridgehead atoms. The van der Waals surface area contributed by atoms with Gasteiger partial charge in [-0.1, -0.05) is 37.8 Å². The maximum absolute atomic E-state index is 14.0. The fraction of sp³-hybridized carbons (Fsp3) is 0.621. The first-order chi connectivity index (χ1) is 17.8. The molecule has 0 unspecified atom stereocenters. The van der Waals surface area contributed by atoms with Gasteiger partial charge >= 0.3 is 0 Å². The highest BCUT2D eigenvalue weighted by atomic mass is 35.5. The number of benzene rings is 1. The molecular formula is C29H41ClN4O3. The van der Waals surface area contributed by atoms with Crippen molar-refractivity contribution >= 4 is 40.1 Å². The number of carbonyl (C=O) groups is 3. The maximum atomic E-state index is 14.0. The van der Waals surface area contributed by atoms with E-state index in [2.05, 4.69) is 15.2 Å². The molecule has 1 saturated carbocycles. The van der Waals surface area contributed by atoms with Gasteiger partial charge in [-0.15, -0.1) is 0 Å². The highest BCUT2D eigenvalue weighted by Gasteiger charge is 2.39. The molecule has 2 aromatic rings. The van der Waals surface area contributed by atoms with Crippen LogP contribution in [0, 0.1) is 5.92 Å². The molecule has 0 spiro atoms. The molecule has 0 radical (unpaired) electrons. The molecule has 7 nitrogen and oxygen atoms in total. The lowest BCUT2D eigenvalue weighted by atomic mass is 9.83. The Balaban J connectivity index is 1.62. The second kappa shape index (κ2) is 12.0. The Morgan fingerprint density at radius 1 is 1.11 bits per heavy atom. The number of fused-ring (bicyclic) bond motifs is 1. The summed E-state index contributed by atoms with van der Waals surface area (Å²) in [5, 5.41) is 7.70. The molecule has 37 heavy (non-hydrogen) atoms. The highest BCUT2D eigenvalue weighted by molar-refractivity contribution is 6.32. The molecule has 2 fully saturated rings. The molecule has 1 aliphatic carbocycles. The van der Waals surface area contributed by atoms with Crippen LogP contribution in [0.2, 0.25) is 5.02 Å². The summed E-state index contributed by atoms with van der Waals surface area (Å²) in [4.78, 5) is 41.4. The fourth-order valence-electron chi connectivity index (χ4n) is 6.18. The molecule has 2 amide bonds. The van der Waals surface area contributed by atoms with Crippen molar-refractivity contribution in [1.29, 1.82) is 0 Å². The van der Waals surface area contributed by atoms with Gasteiger partial charge < -0.3 is 20.1 Å². The smallest absolute Gasteiger partial charge is 0.245 e. The van der Waals surface area contributed by atoms with Crippen molar-refractivity contribution in [3.05, 3.63) is 34.5 Å². The number of hydrogen-bond donors (Lipinski definition) is 2. The van der Waals surface area contributed by atoms with Crippen molar-refractivity contribution in [1.82, 2.24) is 20.1 Å². The molecular weight excluding hydrogens is 488 g/mol. The number of ketones is 1. The standard InChI is InChI=1S/C29H41ClN4O3/c1-5-22-24(30)13-14-25-26(22)23(19(3)35)17-33(25)16-21-12-9-15-34(21)29(37)27(20-10-7-6-8-11-20)32-28(36)18(2)31-4/h13-14,17-18,20-21,27,31H,5-12,15-16H2,1-4H3,(H,32,36)/t18-,21-,27-/m0/s1. The average molecular weight is 529 g/mol. The Labute approximate surface area is 225 Å². The van der Waals surface area contributed by atoms with Crippen molar-refractivity contribution < 1.29 is 14.4 Å². The third-order valence-electron chi connectivity index (χ3n) is 8.41. The van der Waals surface area contributed by atoms with Gasteiger partial charge in [-0.25, -0.2) is 0 Å². The number of carbonyl (C=O) groups excluding carboxylic acids is 3. The van der Waals surface area contributed by atoms with E-state index in [9.17, 15) is 14.4 Å². The first kappa shape index (κ1) is 27.6. The lowest BCUT2D eigenvalue weighted by Gasteiger charge is -2.35. The molecule has 2 heterocycles. The number of aromatic nitrogens is 1. The molecule has 8 heteroatoms. The van der Waals surface area contributed by atoms with Crippen molar-refractivity contribution in [3.63, 3.8) is 0 Å². The van der Waals surface area contributed by atoms with Gasteiger partial charge in [0.2, 0.25) is 11.8 Å². The van der Waals surface area contributed by atoms with Crippen molar-refractivity contribution in [3.8, 4) is 0 Å². The monoisotopic (exact) mass is 528 g/mol. The maximum Gasteiger partial charge on any atom is 0.245 e. The van der Waals surface area contributed by atoms with Crippen LogP contribution in [0.3, 0.4) is 0 Å². The van der Waals surface area contributed by atoms with Crippen LogP contribution < -0.4 is 10.6 Å². The van der Waals surface area contributed by atoms with Gasteiger partial charge in [0.05, 0.1) is 6.04 Å². The number of nitrogens with zero attached hydrogens (tertiary/aromatic N) is 2. The van der Waals surface area contributed by atoms with E-state index in [1.807, 2.05) is 37.1 Å². The highest BCUT2D eigenvalue weighted by Crippen LogP contribution is 2.33. The summed E-state index contributed by atoms with van der Waals surface area (Å²) in [6.07, 6.45) is 9.81. The molecule has 1 saturated heterocycles. The summed E-state index contributed by atoms with van der Waals surface area (Å²) in [6.45, 7) is 6.76. The summed E-state index contributed by atoms with van der Waals surface area (Å²) in [5.74, 6) is 0.0838. The first-order valence-electron chi connectivity index (χ1n) is 13.9. The quantitative estimate of drug-likeness (QED) is 0.461. The summed E-state index contributed by atoms with van der Waals surface area (Å²) < 4.78 is 2.12. The van der Waals surface area contributed by atoms with E-state index >= 15 is 0 Å². The van der Waals surface area contributed by atoms with Gasteiger partial charge in [0.25, 0.3) is 0 Å². The SMILES string of the molecule is CCc1c(Cl)ccc2c1c(C(C)=O)cn2C[C@@H]1CCCN1C(=O)[C@@H](NC(=O)[C@H](C)NC)C1CCCCC1. The number of amides is 2. The van der Waals surface area contributed by atoms with Gasteiger partial charge in [-0.2, -0.15) is 0 Å². The van der Waals surface area contributed by atoms with Gasteiger partial charge in [-0.3, -0.25) is 14.4 Å². The van der Waals surface area contributed by atoms with E-state index in [1.165, 1.54) is 6.42 Å². The van der Waals surface area contributed by atoms with Crippen LogP contribution in [0.4, 0.5) is 0 Å². The minimum Gasteiger partial charge on any atom is -0.345 e. The van der Waals surface area contributed by atoms with Crippen LogP contribution in [0.5, 0.6) is 0 Å². The fourth-order valence-corrected chi connectivity index (χ4v) is 6.47. The van der Waals surface area contributed by atoms with E-state index in [-0.39, 0.29) is 35.6 Å². The average Bonchev–Trinajstić information content (AvgIpc) is 3.51. The summed E-state index contributed by atoms with van der Waals surface area (Å²) in [6, 6.07) is 3.04. The van der Waals surface area contributed by atoms with Crippen molar-refractivity contribution in [2.75, 3.05) is 13.6 Å². The molecule has 202 valence electrons. The lowest BCUT2D eigenvalue weighted by molar-refractivity contribution is -0.139. The predicted molar refractivity (Wildman–Crippen MR) is 148 cm³/mol. The van der Waals surface area contributed by atoms with Crippen LogP contribution in [0.15, 0.2) is 18.3 Å². The number of halogens is 1. The second-order valence-corrected chi connectivity index (χ2v) is 11.2. The van der Waals surface area contributed by atoms with Crippen LogP contribution >= 0.6 is 11.6 Å². The van der Waals surface area contributed by atoms with Gasteiger partial charge in [0, 0.05) is 46.8 Å². The predicted octanol–water partition coefficient (Wildman–Crippen LogP) is 4.72. The van der Waals surface area contributed by atoms with E-state index in [4.69, 9.17) is 11.6 Å². The minimum atomic E-state index is -0.496. The van der Waals surface area contributed by atoms with Gasteiger partial charge in [-0.05, 0) is 76.6 Å². The van der Waals surface area contributed by atoms with Crippen molar-refractivity contribution in [2.45, 2.75) is 96.8 Å². The lowest BCUT2D eigenvalue weighted by Crippen LogP contribution is -2.56. The molecule has 1 aromatic heterocycles. The Morgan fingerprint density at radius 3 is 2.49 bits per heavy atom. The largest absolute Gasteiger partial charge is 0.345 e. The van der Waals surface area contributed by atoms with Crippen LogP contribution in [-0.2, 0) is 22.6 Å². The summed E-state index contributed by atoms with van der Waals surface area (Å²) in [7, 11) is 1.76. The zero-order valence-electron chi connectivity index (χ0n) is 22.6. The number of hydrogen-bond acceptors (Lipinski definition) is 4. The number of aryl methyl sites for hydroxylation is 1.